The second-order valence-electron chi connectivity index (χ2n) is 3.46. The van der Waals surface area contributed by atoms with Crippen LogP contribution in [0.15, 0.2) is 0 Å². The van der Waals surface area contributed by atoms with Crippen molar-refractivity contribution < 1.29 is 0 Å². The predicted molar refractivity (Wildman–Crippen MR) is 66.0 cm³/mol. The lowest BCUT2D eigenvalue weighted by Gasteiger charge is -2.08. The molecule has 0 amide bonds. The first-order valence-corrected chi connectivity index (χ1v) is 6.40. The summed E-state index contributed by atoms with van der Waals surface area (Å²) in [5.74, 6) is 1.28. The third-order valence-electron chi connectivity index (χ3n) is 2.51. The molecule has 0 radical (unpaired) electrons. The number of hydrogen-bond acceptors (Lipinski definition) is 2. The lowest BCUT2D eigenvalue weighted by Crippen LogP contribution is -2.02. The molecule has 14 heavy (non-hydrogen) atoms. The van der Waals surface area contributed by atoms with Crippen LogP contribution in [0.3, 0.4) is 0 Å². The summed E-state index contributed by atoms with van der Waals surface area (Å²) in [6.07, 6.45) is 4.84. The highest BCUT2D eigenvalue weighted by Crippen LogP contribution is 2.34. The van der Waals surface area contributed by atoms with Gasteiger partial charge in [0.2, 0.25) is 0 Å². The molecule has 0 N–H and O–H groups in total. The zero-order chi connectivity index (χ0) is 10.1. The molecule has 0 unspecified atom stereocenters. The van der Waals surface area contributed by atoms with Gasteiger partial charge in [0.05, 0.1) is 3.57 Å². The Labute approximate surface area is 107 Å². The Morgan fingerprint density at radius 2 is 1.57 bits per heavy atom. The molecule has 0 spiro atoms. The van der Waals surface area contributed by atoms with Crippen molar-refractivity contribution >= 4 is 45.8 Å². The highest BCUT2D eigenvalue weighted by molar-refractivity contribution is 14.1. The van der Waals surface area contributed by atoms with E-state index in [2.05, 4.69) is 32.6 Å². The minimum Gasteiger partial charge on any atom is -0.220 e. The molecule has 2 nitrogen and oxygen atoms in total. The molecule has 1 fully saturated rings. The summed E-state index contributed by atoms with van der Waals surface area (Å²) in [7, 11) is 0. The van der Waals surface area contributed by atoms with Gasteiger partial charge in [-0.05, 0) is 35.4 Å². The van der Waals surface area contributed by atoms with Crippen molar-refractivity contribution in [1.29, 1.82) is 0 Å². The maximum atomic E-state index is 5.95. The van der Waals surface area contributed by atoms with Crippen LogP contribution in [-0.4, -0.2) is 9.97 Å². The van der Waals surface area contributed by atoms with E-state index in [1.54, 1.807) is 0 Å². The van der Waals surface area contributed by atoms with Crippen molar-refractivity contribution in [2.75, 3.05) is 0 Å². The summed E-state index contributed by atoms with van der Waals surface area (Å²) in [5, 5.41) is 0.958. The predicted octanol–water partition coefficient (Wildman–Crippen LogP) is 4.05. The summed E-state index contributed by atoms with van der Waals surface area (Å²) in [6.45, 7) is 0. The monoisotopic (exact) mass is 342 g/mol. The summed E-state index contributed by atoms with van der Waals surface area (Å²) < 4.78 is 0.743. The fourth-order valence-electron chi connectivity index (χ4n) is 1.78. The van der Waals surface area contributed by atoms with Gasteiger partial charge in [0, 0.05) is 5.92 Å². The first-order chi connectivity index (χ1) is 6.68. The van der Waals surface area contributed by atoms with Gasteiger partial charge < -0.3 is 0 Å². The number of rotatable bonds is 1. The van der Waals surface area contributed by atoms with E-state index in [1.165, 1.54) is 12.8 Å². The smallest absolute Gasteiger partial charge is 0.147 e. The molecular weight excluding hydrogens is 334 g/mol. The molecule has 0 bridgehead atoms. The molecule has 1 heterocycles. The van der Waals surface area contributed by atoms with E-state index in [0.717, 1.165) is 22.2 Å². The van der Waals surface area contributed by atoms with E-state index in [1.807, 2.05) is 0 Å². The number of hydrogen-bond donors (Lipinski definition) is 0. The van der Waals surface area contributed by atoms with Crippen LogP contribution in [0.5, 0.6) is 0 Å². The third kappa shape index (κ3) is 2.14. The zero-order valence-corrected chi connectivity index (χ0v) is 11.1. The van der Waals surface area contributed by atoms with Crippen molar-refractivity contribution in [3.63, 3.8) is 0 Å². The first kappa shape index (κ1) is 10.9. The fraction of sp³-hybridized carbons (Fsp3) is 0.556. The molecule has 5 heteroatoms. The van der Waals surface area contributed by atoms with Crippen molar-refractivity contribution in [2.45, 2.75) is 31.6 Å². The Hall–Kier alpha value is 0.390. The summed E-state index contributed by atoms with van der Waals surface area (Å²) in [4.78, 5) is 8.56. The van der Waals surface area contributed by atoms with E-state index in [-0.39, 0.29) is 0 Å². The van der Waals surface area contributed by atoms with Crippen LogP contribution in [0.1, 0.15) is 37.4 Å². The number of aromatic nitrogens is 2. The number of halogens is 3. The Morgan fingerprint density at radius 1 is 1.07 bits per heavy atom. The maximum Gasteiger partial charge on any atom is 0.147 e. The van der Waals surface area contributed by atoms with Gasteiger partial charge in [0.15, 0.2) is 0 Å². The van der Waals surface area contributed by atoms with Gasteiger partial charge in [-0.15, -0.1) is 0 Å². The van der Waals surface area contributed by atoms with E-state index in [4.69, 9.17) is 23.2 Å². The Kier molecular flexibility index (Phi) is 3.50. The maximum absolute atomic E-state index is 5.95. The van der Waals surface area contributed by atoms with Gasteiger partial charge in [-0.1, -0.05) is 36.0 Å². The molecule has 76 valence electrons. The highest BCUT2D eigenvalue weighted by atomic mass is 127. The minimum atomic E-state index is 0.460. The molecule has 1 saturated carbocycles. The van der Waals surface area contributed by atoms with Crippen LogP contribution in [-0.2, 0) is 0 Å². The van der Waals surface area contributed by atoms with Crippen LogP contribution in [0.25, 0.3) is 0 Å². The van der Waals surface area contributed by atoms with Crippen LogP contribution in [0, 0.1) is 3.57 Å². The number of nitrogens with zero attached hydrogens (tertiary/aromatic N) is 2. The standard InChI is InChI=1S/C9H9Cl2IN2/c10-7-6(12)8(11)14-9(13-7)5-3-1-2-4-5/h5H,1-4H2. The lowest BCUT2D eigenvalue weighted by atomic mass is 10.1. The molecule has 0 aliphatic heterocycles. The normalized spacial score (nSPS) is 17.6. The van der Waals surface area contributed by atoms with E-state index < -0.39 is 0 Å². The van der Waals surface area contributed by atoms with Gasteiger partial charge >= 0.3 is 0 Å². The van der Waals surface area contributed by atoms with Gasteiger partial charge in [0.25, 0.3) is 0 Å². The fourth-order valence-corrected chi connectivity index (χ4v) is 2.42. The van der Waals surface area contributed by atoms with Crippen molar-refractivity contribution in [3.8, 4) is 0 Å². The van der Waals surface area contributed by atoms with Crippen LogP contribution in [0.2, 0.25) is 10.3 Å². The van der Waals surface area contributed by atoms with E-state index in [0.29, 0.717) is 16.2 Å². The Balaban J connectivity index is 2.34. The topological polar surface area (TPSA) is 25.8 Å². The SMILES string of the molecule is Clc1nc(C2CCCC2)nc(Cl)c1I. The van der Waals surface area contributed by atoms with Crippen molar-refractivity contribution in [2.24, 2.45) is 0 Å². The molecule has 0 aromatic carbocycles. The molecule has 1 aromatic rings. The molecular formula is C9H9Cl2IN2. The minimum absolute atomic E-state index is 0.460. The summed E-state index contributed by atoms with van der Waals surface area (Å²) in [5.41, 5.74) is 0. The second kappa shape index (κ2) is 4.49. The molecule has 0 atom stereocenters. The Bertz CT molecular complexity index is 328. The van der Waals surface area contributed by atoms with Crippen LogP contribution in [0.4, 0.5) is 0 Å². The van der Waals surface area contributed by atoms with Gasteiger partial charge in [-0.25, -0.2) is 9.97 Å². The third-order valence-corrected chi connectivity index (χ3v) is 4.71. The summed E-state index contributed by atoms with van der Waals surface area (Å²) >= 11 is 14.0. The molecule has 1 aromatic heterocycles. The van der Waals surface area contributed by atoms with Gasteiger partial charge in [-0.3, -0.25) is 0 Å². The Morgan fingerprint density at radius 3 is 2.07 bits per heavy atom. The molecule has 1 aliphatic rings. The first-order valence-electron chi connectivity index (χ1n) is 4.57. The average Bonchev–Trinajstić information content (AvgIpc) is 2.66. The molecule has 0 saturated heterocycles. The van der Waals surface area contributed by atoms with Crippen molar-refractivity contribution in [1.82, 2.24) is 9.97 Å². The summed E-state index contributed by atoms with van der Waals surface area (Å²) in [6, 6.07) is 0. The van der Waals surface area contributed by atoms with Crippen molar-refractivity contribution in [3.05, 3.63) is 19.7 Å². The average molecular weight is 343 g/mol. The highest BCUT2D eigenvalue weighted by Gasteiger charge is 2.21. The lowest BCUT2D eigenvalue weighted by molar-refractivity contribution is 0.667. The quantitative estimate of drug-likeness (QED) is 0.568. The largest absolute Gasteiger partial charge is 0.220 e. The van der Waals surface area contributed by atoms with E-state index in [9.17, 15) is 0 Å². The van der Waals surface area contributed by atoms with Gasteiger partial charge in [-0.2, -0.15) is 0 Å². The van der Waals surface area contributed by atoms with E-state index >= 15 is 0 Å². The molecule has 1 aliphatic carbocycles. The second-order valence-corrected chi connectivity index (χ2v) is 5.25. The van der Waals surface area contributed by atoms with Crippen LogP contribution >= 0.6 is 45.8 Å². The van der Waals surface area contributed by atoms with Crippen LogP contribution < -0.4 is 0 Å². The van der Waals surface area contributed by atoms with Gasteiger partial charge in [0.1, 0.15) is 16.1 Å². The molecule has 2 rings (SSSR count). The zero-order valence-electron chi connectivity index (χ0n) is 7.43.